The zero-order valence-corrected chi connectivity index (χ0v) is 48.0. The summed E-state index contributed by atoms with van der Waals surface area (Å²) in [5.41, 5.74) is 2.86. The van der Waals surface area contributed by atoms with E-state index in [0.29, 0.717) is 33.3 Å². The number of nitriles is 1. The molecule has 0 bridgehead atoms. The van der Waals surface area contributed by atoms with Gasteiger partial charge in [-0.3, -0.25) is 27.2 Å². The van der Waals surface area contributed by atoms with Crippen molar-refractivity contribution < 1.29 is 79.8 Å². The minimum Gasteiger partial charge on any atom is -0.493 e. The van der Waals surface area contributed by atoms with Gasteiger partial charge >= 0.3 is 0 Å². The van der Waals surface area contributed by atoms with Gasteiger partial charge in [0.2, 0.25) is 11.0 Å². The number of aryl methyl sites for hydroxylation is 2. The number of aromatic nitrogens is 3. The fourth-order valence-corrected chi connectivity index (χ4v) is 12.1. The van der Waals surface area contributed by atoms with Gasteiger partial charge in [0, 0.05) is 21.9 Å². The lowest BCUT2D eigenvalue weighted by Crippen LogP contribution is -2.08. The number of thiazole rings is 1. The minimum absolute atomic E-state index is 0.00710. The van der Waals surface area contributed by atoms with Crippen LogP contribution in [0.4, 0.5) is 33.6 Å². The number of benzene rings is 5. The monoisotopic (exact) mass is 1250 g/mol. The molecular weight excluding hydrogens is 1210 g/mol. The Bertz CT molecular complexity index is 4570. The Morgan fingerprint density at radius 2 is 1.32 bits per heavy atom. The summed E-state index contributed by atoms with van der Waals surface area (Å²) in [5, 5.41) is 57.8. The molecule has 0 atom stereocenters. The number of hydrogen-bond donors (Lipinski definition) is 7. The van der Waals surface area contributed by atoms with E-state index in [1.165, 1.54) is 16.5 Å². The van der Waals surface area contributed by atoms with Crippen molar-refractivity contribution in [1.82, 2.24) is 14.4 Å². The van der Waals surface area contributed by atoms with Gasteiger partial charge in [-0.25, -0.2) is 9.97 Å². The van der Waals surface area contributed by atoms with Gasteiger partial charge in [-0.05, 0) is 110 Å². The molecule has 28 nitrogen and oxygen atoms in total. The highest BCUT2D eigenvalue weighted by molar-refractivity contribution is 7.99. The molecule has 0 saturated heterocycles. The number of rotatable bonds is 19. The van der Waals surface area contributed by atoms with Crippen molar-refractivity contribution in [3.63, 3.8) is 0 Å². The molecule has 0 unspecified atom stereocenters. The quantitative estimate of drug-likeness (QED) is 0.0171. The first-order valence-corrected chi connectivity index (χ1v) is 32.6. The van der Waals surface area contributed by atoms with Crippen LogP contribution in [0.1, 0.15) is 40.7 Å². The first kappa shape index (κ1) is 61.6. The summed E-state index contributed by atoms with van der Waals surface area (Å²) >= 11 is 1.88. The Balaban J connectivity index is 0.00000181. The molecule has 35 heteroatoms. The molecule has 8 rings (SSSR count). The van der Waals surface area contributed by atoms with Crippen molar-refractivity contribution in [2.24, 2.45) is 30.7 Å². The van der Waals surface area contributed by atoms with E-state index in [2.05, 4.69) is 46.7 Å². The van der Waals surface area contributed by atoms with E-state index in [4.69, 9.17) is 9.29 Å². The first-order chi connectivity index (χ1) is 37.7. The van der Waals surface area contributed by atoms with Gasteiger partial charge in [0.05, 0.1) is 68.7 Å². The number of azo groups is 3. The van der Waals surface area contributed by atoms with Crippen LogP contribution in [0.15, 0.2) is 112 Å². The Hall–Kier alpha value is -7.05. The summed E-state index contributed by atoms with van der Waals surface area (Å²) in [6.07, 6.45) is 0.585. The lowest BCUT2D eigenvalue weighted by atomic mass is 10.0. The fourth-order valence-electron chi connectivity index (χ4n) is 7.72. The van der Waals surface area contributed by atoms with Crippen molar-refractivity contribution in [3.05, 3.63) is 94.5 Å². The summed E-state index contributed by atoms with van der Waals surface area (Å²) in [5.74, 6) is -1.36. The standard InChI is InChI=1S/C45H40N10O15S6.CH4O3S/c1-23-14-34(51-53-40-25(3)30(21-46)43-47-31-8-4-5-9-36(31)55(43)44(40)57)37(70-10-6-12-73(58,59)60)19-32(23)49-52-35-15-24(2)33(20-38(35)71-11-7-13-74(61,62)63)50-54-45-48-41-39(76(67,68)69)18-28-26(22-56)16-27(75(64,65)66)17-29(28)42(41)72-45;1-5(2,3)4/h4-5,8-9,14-20,56-57H,6-7,10-13,22H2,1-3H3,(H,58,59,60)(H,61,62,63)(H,64,65,66)(H,67,68,69);1H3,(H,2,3,4). The molecule has 7 N–H and O–H groups in total. The van der Waals surface area contributed by atoms with Crippen molar-refractivity contribution in [3.8, 4) is 17.7 Å². The highest BCUT2D eigenvalue weighted by Crippen LogP contribution is 2.44. The molecule has 8 aromatic rings. The highest BCUT2D eigenvalue weighted by Gasteiger charge is 2.25. The summed E-state index contributed by atoms with van der Waals surface area (Å²) in [7, 11) is -22.1. The number of aliphatic hydroxyl groups is 1. The van der Waals surface area contributed by atoms with Gasteiger partial charge in [-0.1, -0.05) is 23.5 Å². The summed E-state index contributed by atoms with van der Waals surface area (Å²) < 4.78 is 167. The molecule has 3 heterocycles. The molecule has 0 spiro atoms. The molecule has 0 aliphatic carbocycles. The van der Waals surface area contributed by atoms with Crippen molar-refractivity contribution in [2.75, 3.05) is 30.1 Å². The molecule has 428 valence electrons. The number of imidazole rings is 1. The average Bonchev–Trinajstić information content (AvgIpc) is 3.48. The number of pyridine rings is 1. The predicted molar refractivity (Wildman–Crippen MR) is 297 cm³/mol. The zero-order chi connectivity index (χ0) is 59.6. The van der Waals surface area contributed by atoms with Crippen LogP contribution >= 0.6 is 23.1 Å². The molecule has 0 aliphatic rings. The van der Waals surface area contributed by atoms with Gasteiger partial charge in [-0.15, -0.1) is 37.3 Å². The van der Waals surface area contributed by atoms with Crippen LogP contribution in [0.3, 0.4) is 0 Å². The number of para-hydroxylation sites is 2. The molecule has 0 fully saturated rings. The van der Waals surface area contributed by atoms with E-state index in [-0.39, 0.29) is 114 Å². The molecule has 0 radical (unpaired) electrons. The van der Waals surface area contributed by atoms with E-state index in [1.807, 2.05) is 0 Å². The number of aromatic hydroxyl groups is 1. The minimum atomic E-state index is -4.96. The normalized spacial score (nSPS) is 12.9. The lowest BCUT2D eigenvalue weighted by molar-refractivity contribution is 0.283. The van der Waals surface area contributed by atoms with E-state index in [1.54, 1.807) is 57.2 Å². The predicted octanol–water partition coefficient (Wildman–Crippen LogP) is 9.52. The van der Waals surface area contributed by atoms with Crippen molar-refractivity contribution in [1.29, 1.82) is 5.26 Å². The number of nitrogens with zero attached hydrogens (tertiary/aromatic N) is 10. The van der Waals surface area contributed by atoms with Crippen LogP contribution in [0.2, 0.25) is 0 Å². The zero-order valence-electron chi connectivity index (χ0n) is 42.3. The number of thioether (sulfide) groups is 1. The van der Waals surface area contributed by atoms with Crippen molar-refractivity contribution >= 4 is 145 Å². The largest absolute Gasteiger partial charge is 0.493 e. The third-order valence-corrected chi connectivity index (χ3v) is 16.7. The fraction of sp³-hybridized carbons (Fsp3) is 0.239. The molecule has 3 aromatic heterocycles. The number of ether oxygens (including phenoxy) is 1. The number of hydrogen-bond acceptors (Lipinski definition) is 24. The smallest absolute Gasteiger partial charge is 0.296 e. The summed E-state index contributed by atoms with van der Waals surface area (Å²) in [6.45, 7) is 3.88. The second kappa shape index (κ2) is 24.2. The van der Waals surface area contributed by atoms with E-state index >= 15 is 0 Å². The van der Waals surface area contributed by atoms with Crippen LogP contribution in [0, 0.1) is 32.1 Å². The Morgan fingerprint density at radius 1 is 0.716 bits per heavy atom. The Labute approximate surface area is 469 Å². The number of aliphatic hydroxyl groups excluding tert-OH is 1. The van der Waals surface area contributed by atoms with E-state index in [9.17, 15) is 75.8 Å². The second-order valence-electron chi connectivity index (χ2n) is 17.4. The maximum Gasteiger partial charge on any atom is 0.296 e. The van der Waals surface area contributed by atoms with Gasteiger partial charge in [0.1, 0.15) is 33.5 Å². The molecule has 0 amide bonds. The van der Waals surface area contributed by atoms with Gasteiger partial charge < -0.3 is 14.9 Å². The molecule has 0 saturated carbocycles. The molecule has 0 aliphatic heterocycles. The summed E-state index contributed by atoms with van der Waals surface area (Å²) in [6, 6.07) is 18.2. The summed E-state index contributed by atoms with van der Waals surface area (Å²) in [4.78, 5) is 7.89. The van der Waals surface area contributed by atoms with Crippen LogP contribution in [0.5, 0.6) is 11.6 Å². The van der Waals surface area contributed by atoms with E-state index in [0.717, 1.165) is 41.3 Å². The molecular formula is C46H44N10O18S7. The Kier molecular flexibility index (Phi) is 18.4. The van der Waals surface area contributed by atoms with Crippen LogP contribution in [-0.4, -0.2) is 120 Å². The van der Waals surface area contributed by atoms with Gasteiger partial charge in [-0.2, -0.15) is 52.5 Å². The average molecular weight is 1250 g/mol. The maximum absolute atomic E-state index is 12.6. The lowest BCUT2D eigenvalue weighted by Gasteiger charge is -2.12. The van der Waals surface area contributed by atoms with Crippen LogP contribution in [0.25, 0.3) is 37.7 Å². The van der Waals surface area contributed by atoms with Gasteiger partial charge in [0.25, 0.3) is 50.6 Å². The number of fused-ring (bicyclic) bond motifs is 6. The third kappa shape index (κ3) is 15.3. The SMILES string of the molecule is CS(=O)(=O)O.Cc1cc(N=Nc2cc(OCCCS(=O)(=O)O)c(N=Nc3c(C)c(C#N)c4nc5ccccc5n4c3O)cc2C)c(SCCCS(=O)(=O)O)cc1N=Nc1nc2c(S(=O)(=O)O)cc3c(CO)cc(S(=O)(=O)O)cc3c2s1. The topological polar surface area (TPSA) is 450 Å². The maximum atomic E-state index is 12.6. The van der Waals surface area contributed by atoms with E-state index < -0.39 is 78.5 Å². The molecule has 81 heavy (non-hydrogen) atoms. The highest BCUT2D eigenvalue weighted by atomic mass is 32.2. The third-order valence-electron chi connectivity index (χ3n) is 11.3. The first-order valence-electron chi connectivity index (χ1n) is 22.9. The van der Waals surface area contributed by atoms with Crippen molar-refractivity contribution in [2.45, 2.75) is 54.9 Å². The van der Waals surface area contributed by atoms with Crippen LogP contribution in [-0.2, 0) is 57.2 Å². The second-order valence-corrected chi connectivity index (χ2v) is 26.9. The Morgan fingerprint density at radius 3 is 1.95 bits per heavy atom. The van der Waals surface area contributed by atoms with Gasteiger partial charge in [0.15, 0.2) is 11.3 Å². The molecule has 5 aromatic carbocycles. The van der Waals surface area contributed by atoms with Crippen LogP contribution < -0.4 is 4.74 Å².